The van der Waals surface area contributed by atoms with E-state index in [1.54, 1.807) is 0 Å². The zero-order chi connectivity index (χ0) is 11.3. The summed E-state index contributed by atoms with van der Waals surface area (Å²) in [5, 5.41) is 2.95. The Kier molecular flexibility index (Phi) is 4.54. The molecule has 88 valence electrons. The fourth-order valence-corrected chi connectivity index (χ4v) is 2.18. The number of carbonyl (C=O) groups excluding carboxylic acids is 1. The van der Waals surface area contributed by atoms with Crippen LogP contribution in [0.1, 0.15) is 39.5 Å². The van der Waals surface area contributed by atoms with Crippen LogP contribution < -0.4 is 11.1 Å². The third-order valence-corrected chi connectivity index (χ3v) is 3.33. The minimum absolute atomic E-state index is 0.0369. The van der Waals surface area contributed by atoms with Crippen LogP contribution in [0.2, 0.25) is 0 Å². The smallest absolute Gasteiger partial charge is 0.233 e. The molecular weight excluding hydrogens is 192 g/mol. The predicted octanol–water partition coefficient (Wildman–Crippen LogP) is 0.799. The molecule has 0 radical (unpaired) electrons. The molecule has 1 aliphatic heterocycles. The topological polar surface area (TPSA) is 64.4 Å². The Bertz CT molecular complexity index is 215. The van der Waals surface area contributed by atoms with Crippen molar-refractivity contribution in [1.82, 2.24) is 5.32 Å². The van der Waals surface area contributed by atoms with E-state index in [2.05, 4.69) is 19.2 Å². The standard InChI is InChI=1S/C11H22N2O2/c1-3-11(4-2)7-9(5-6-15-11)13-10(14)8-12/h9H,3-8,12H2,1-2H3,(H,13,14). The summed E-state index contributed by atoms with van der Waals surface area (Å²) in [5.41, 5.74) is 5.24. The van der Waals surface area contributed by atoms with Crippen molar-refractivity contribution >= 4 is 5.91 Å². The summed E-state index contributed by atoms with van der Waals surface area (Å²) < 4.78 is 5.83. The van der Waals surface area contributed by atoms with E-state index < -0.39 is 0 Å². The molecule has 0 aromatic rings. The van der Waals surface area contributed by atoms with E-state index in [9.17, 15) is 4.79 Å². The fraction of sp³-hybridized carbons (Fsp3) is 0.909. The summed E-state index contributed by atoms with van der Waals surface area (Å²) in [6.07, 6.45) is 3.80. The molecule has 1 heterocycles. The molecule has 1 aliphatic rings. The Hall–Kier alpha value is -0.610. The highest BCUT2D eigenvalue weighted by Gasteiger charge is 2.34. The van der Waals surface area contributed by atoms with Crippen LogP contribution in [0.25, 0.3) is 0 Å². The summed E-state index contributed by atoms with van der Waals surface area (Å²) in [6.45, 7) is 5.08. The molecule has 0 spiro atoms. The molecule has 4 heteroatoms. The highest BCUT2D eigenvalue weighted by atomic mass is 16.5. The molecule has 1 fully saturated rings. The second-order valence-electron chi connectivity index (χ2n) is 4.20. The van der Waals surface area contributed by atoms with E-state index in [1.807, 2.05) is 0 Å². The Morgan fingerprint density at radius 3 is 2.73 bits per heavy atom. The minimum atomic E-state index is -0.0667. The second-order valence-corrected chi connectivity index (χ2v) is 4.20. The number of hydrogen-bond acceptors (Lipinski definition) is 3. The van der Waals surface area contributed by atoms with E-state index in [-0.39, 0.29) is 24.1 Å². The minimum Gasteiger partial charge on any atom is -0.375 e. The number of nitrogens with two attached hydrogens (primary N) is 1. The van der Waals surface area contributed by atoms with E-state index in [0.29, 0.717) is 0 Å². The SMILES string of the molecule is CCC1(CC)CC(NC(=O)CN)CCO1. The third-order valence-electron chi connectivity index (χ3n) is 3.33. The number of carbonyl (C=O) groups is 1. The van der Waals surface area contributed by atoms with Crippen molar-refractivity contribution in [3.63, 3.8) is 0 Å². The largest absolute Gasteiger partial charge is 0.375 e. The van der Waals surface area contributed by atoms with Crippen LogP contribution in [0, 0.1) is 0 Å². The highest BCUT2D eigenvalue weighted by Crippen LogP contribution is 2.31. The lowest BCUT2D eigenvalue weighted by atomic mass is 9.86. The number of hydrogen-bond donors (Lipinski definition) is 2. The van der Waals surface area contributed by atoms with E-state index in [1.165, 1.54) is 0 Å². The number of amides is 1. The summed E-state index contributed by atoms with van der Waals surface area (Å²) >= 11 is 0. The van der Waals surface area contributed by atoms with Gasteiger partial charge in [-0.2, -0.15) is 0 Å². The van der Waals surface area contributed by atoms with E-state index in [0.717, 1.165) is 32.3 Å². The molecule has 0 saturated carbocycles. The van der Waals surface area contributed by atoms with Gasteiger partial charge < -0.3 is 15.8 Å². The summed E-state index contributed by atoms with van der Waals surface area (Å²) in [5.74, 6) is -0.0667. The lowest BCUT2D eigenvalue weighted by Gasteiger charge is -2.40. The molecule has 4 nitrogen and oxygen atoms in total. The Balaban J connectivity index is 2.51. The molecule has 1 rings (SSSR count). The first kappa shape index (κ1) is 12.5. The lowest BCUT2D eigenvalue weighted by molar-refractivity contribution is -0.124. The molecule has 1 amide bonds. The number of rotatable bonds is 4. The maximum atomic E-state index is 11.2. The van der Waals surface area contributed by atoms with Gasteiger partial charge in [0.15, 0.2) is 0 Å². The van der Waals surface area contributed by atoms with Crippen molar-refractivity contribution in [3.05, 3.63) is 0 Å². The van der Waals surface area contributed by atoms with E-state index >= 15 is 0 Å². The average Bonchev–Trinajstić information content (AvgIpc) is 2.29. The quantitative estimate of drug-likeness (QED) is 0.727. The molecule has 0 aliphatic carbocycles. The monoisotopic (exact) mass is 214 g/mol. The van der Waals surface area contributed by atoms with Crippen LogP contribution in [0.5, 0.6) is 0 Å². The van der Waals surface area contributed by atoms with Gasteiger partial charge in [0, 0.05) is 12.6 Å². The van der Waals surface area contributed by atoms with Crippen LogP contribution in [0.3, 0.4) is 0 Å². The normalized spacial score (nSPS) is 24.9. The van der Waals surface area contributed by atoms with Gasteiger partial charge in [0.1, 0.15) is 0 Å². The fourth-order valence-electron chi connectivity index (χ4n) is 2.18. The van der Waals surface area contributed by atoms with Crippen LogP contribution in [0.4, 0.5) is 0 Å². The molecule has 15 heavy (non-hydrogen) atoms. The number of nitrogens with one attached hydrogen (secondary N) is 1. The number of ether oxygens (including phenoxy) is 1. The van der Waals surface area contributed by atoms with Crippen molar-refractivity contribution in [3.8, 4) is 0 Å². The van der Waals surface area contributed by atoms with Crippen molar-refractivity contribution in [2.45, 2.75) is 51.2 Å². The molecule has 1 unspecified atom stereocenters. The third kappa shape index (κ3) is 3.18. The molecule has 0 aromatic heterocycles. The van der Waals surface area contributed by atoms with Gasteiger partial charge in [0.05, 0.1) is 12.1 Å². The Morgan fingerprint density at radius 1 is 1.53 bits per heavy atom. The molecular formula is C11H22N2O2. The first-order valence-electron chi connectivity index (χ1n) is 5.79. The second kappa shape index (κ2) is 5.47. The van der Waals surface area contributed by atoms with Crippen molar-refractivity contribution < 1.29 is 9.53 Å². The van der Waals surface area contributed by atoms with Gasteiger partial charge in [-0.3, -0.25) is 4.79 Å². The molecule has 3 N–H and O–H groups in total. The Morgan fingerprint density at radius 2 is 2.20 bits per heavy atom. The summed E-state index contributed by atoms with van der Waals surface area (Å²) in [7, 11) is 0. The zero-order valence-electron chi connectivity index (χ0n) is 9.71. The molecule has 1 saturated heterocycles. The van der Waals surface area contributed by atoms with Gasteiger partial charge in [0.25, 0.3) is 0 Å². The average molecular weight is 214 g/mol. The van der Waals surface area contributed by atoms with Crippen LogP contribution in [0.15, 0.2) is 0 Å². The first-order valence-corrected chi connectivity index (χ1v) is 5.79. The van der Waals surface area contributed by atoms with Crippen LogP contribution >= 0.6 is 0 Å². The van der Waals surface area contributed by atoms with Gasteiger partial charge in [-0.25, -0.2) is 0 Å². The zero-order valence-corrected chi connectivity index (χ0v) is 9.71. The van der Waals surface area contributed by atoms with Crippen LogP contribution in [-0.2, 0) is 9.53 Å². The Labute approximate surface area is 91.5 Å². The van der Waals surface area contributed by atoms with Crippen molar-refractivity contribution in [2.75, 3.05) is 13.2 Å². The molecule has 1 atom stereocenters. The van der Waals surface area contributed by atoms with Gasteiger partial charge in [-0.15, -0.1) is 0 Å². The molecule has 0 bridgehead atoms. The predicted molar refractivity (Wildman–Crippen MR) is 59.5 cm³/mol. The highest BCUT2D eigenvalue weighted by molar-refractivity contribution is 5.78. The van der Waals surface area contributed by atoms with Crippen molar-refractivity contribution in [2.24, 2.45) is 5.73 Å². The first-order chi connectivity index (χ1) is 7.15. The van der Waals surface area contributed by atoms with Crippen LogP contribution in [-0.4, -0.2) is 30.7 Å². The van der Waals surface area contributed by atoms with Gasteiger partial charge in [-0.05, 0) is 25.7 Å². The molecule has 0 aromatic carbocycles. The van der Waals surface area contributed by atoms with Gasteiger partial charge in [0.2, 0.25) is 5.91 Å². The maximum Gasteiger partial charge on any atom is 0.233 e. The lowest BCUT2D eigenvalue weighted by Crippen LogP contribution is -2.49. The summed E-state index contributed by atoms with van der Waals surface area (Å²) in [6, 6.07) is 0.231. The van der Waals surface area contributed by atoms with Gasteiger partial charge >= 0.3 is 0 Å². The van der Waals surface area contributed by atoms with Crippen molar-refractivity contribution in [1.29, 1.82) is 0 Å². The van der Waals surface area contributed by atoms with E-state index in [4.69, 9.17) is 10.5 Å². The maximum absolute atomic E-state index is 11.2. The summed E-state index contributed by atoms with van der Waals surface area (Å²) in [4.78, 5) is 11.2. The van der Waals surface area contributed by atoms with Gasteiger partial charge in [-0.1, -0.05) is 13.8 Å².